The number of rotatable bonds is 2. The molecule has 1 atom stereocenters. The fraction of sp³-hybridized carbons (Fsp3) is 0.385. The SMILES string of the molecule is N#Cc1ccc(CN2CCCC2C#N)c(Cl)c1. The molecule has 0 amide bonds. The van der Waals surface area contributed by atoms with Crippen LogP contribution in [-0.2, 0) is 6.54 Å². The maximum atomic E-state index is 9.00. The molecule has 0 aromatic heterocycles. The van der Waals surface area contributed by atoms with E-state index in [-0.39, 0.29) is 6.04 Å². The lowest BCUT2D eigenvalue weighted by molar-refractivity contribution is 0.286. The smallest absolute Gasteiger partial charge is 0.0992 e. The summed E-state index contributed by atoms with van der Waals surface area (Å²) in [5, 5.41) is 18.4. The van der Waals surface area contributed by atoms with Crippen molar-refractivity contribution in [2.75, 3.05) is 6.54 Å². The summed E-state index contributed by atoms with van der Waals surface area (Å²) in [6, 6.07) is 9.67. The van der Waals surface area contributed by atoms with Gasteiger partial charge < -0.3 is 0 Å². The highest BCUT2D eigenvalue weighted by atomic mass is 35.5. The summed E-state index contributed by atoms with van der Waals surface area (Å²) < 4.78 is 0. The second-order valence-corrected chi connectivity index (χ2v) is 4.58. The molecule has 17 heavy (non-hydrogen) atoms. The van der Waals surface area contributed by atoms with Crippen LogP contribution in [0.25, 0.3) is 0 Å². The van der Waals surface area contributed by atoms with Crippen LogP contribution < -0.4 is 0 Å². The van der Waals surface area contributed by atoms with E-state index in [2.05, 4.69) is 17.0 Å². The Hall–Kier alpha value is -1.55. The van der Waals surface area contributed by atoms with Crippen molar-refractivity contribution in [1.82, 2.24) is 4.90 Å². The summed E-state index contributed by atoms with van der Waals surface area (Å²) >= 11 is 6.12. The van der Waals surface area contributed by atoms with Crippen LogP contribution in [-0.4, -0.2) is 17.5 Å². The van der Waals surface area contributed by atoms with Gasteiger partial charge in [-0.3, -0.25) is 4.90 Å². The van der Waals surface area contributed by atoms with Crippen LogP contribution in [0.3, 0.4) is 0 Å². The molecule has 4 heteroatoms. The summed E-state index contributed by atoms with van der Waals surface area (Å²) in [4.78, 5) is 2.13. The van der Waals surface area contributed by atoms with Gasteiger partial charge in [0.2, 0.25) is 0 Å². The number of hydrogen-bond donors (Lipinski definition) is 0. The Morgan fingerprint density at radius 3 is 2.88 bits per heavy atom. The molecule has 1 heterocycles. The Morgan fingerprint density at radius 1 is 1.41 bits per heavy atom. The molecular weight excluding hydrogens is 234 g/mol. The lowest BCUT2D eigenvalue weighted by Crippen LogP contribution is -2.27. The van der Waals surface area contributed by atoms with Gasteiger partial charge in [0.1, 0.15) is 0 Å². The van der Waals surface area contributed by atoms with Gasteiger partial charge in [-0.05, 0) is 37.1 Å². The Bertz CT molecular complexity index is 498. The van der Waals surface area contributed by atoms with Gasteiger partial charge in [0.25, 0.3) is 0 Å². The number of hydrogen-bond acceptors (Lipinski definition) is 3. The molecular formula is C13H12ClN3. The minimum absolute atomic E-state index is 0.00158. The van der Waals surface area contributed by atoms with Crippen LogP contribution in [0.4, 0.5) is 0 Å². The molecule has 1 unspecified atom stereocenters. The highest BCUT2D eigenvalue weighted by Crippen LogP contribution is 2.24. The summed E-state index contributed by atoms with van der Waals surface area (Å²) in [7, 11) is 0. The molecule has 0 saturated carbocycles. The summed E-state index contributed by atoms with van der Waals surface area (Å²) in [6.07, 6.45) is 2.00. The highest BCUT2D eigenvalue weighted by Gasteiger charge is 2.24. The topological polar surface area (TPSA) is 50.8 Å². The van der Waals surface area contributed by atoms with Crippen molar-refractivity contribution in [3.8, 4) is 12.1 Å². The first-order valence-corrected chi connectivity index (χ1v) is 5.94. The van der Waals surface area contributed by atoms with Crippen molar-refractivity contribution in [2.24, 2.45) is 0 Å². The molecule has 1 aliphatic heterocycles. The van der Waals surface area contributed by atoms with E-state index >= 15 is 0 Å². The van der Waals surface area contributed by atoms with E-state index in [1.165, 1.54) is 0 Å². The quantitative estimate of drug-likeness (QED) is 0.805. The Kier molecular flexibility index (Phi) is 3.64. The summed E-state index contributed by atoms with van der Waals surface area (Å²) in [6.45, 7) is 1.62. The number of benzene rings is 1. The Balaban J connectivity index is 2.14. The van der Waals surface area contributed by atoms with E-state index in [0.29, 0.717) is 17.1 Å². The maximum absolute atomic E-state index is 9.00. The predicted octanol–water partition coefficient (Wildman–Crippen LogP) is 2.70. The van der Waals surface area contributed by atoms with E-state index in [9.17, 15) is 0 Å². The molecule has 0 aliphatic carbocycles. The highest BCUT2D eigenvalue weighted by molar-refractivity contribution is 6.31. The molecule has 0 spiro atoms. The Labute approximate surface area is 106 Å². The van der Waals surface area contributed by atoms with E-state index in [4.69, 9.17) is 22.1 Å². The fourth-order valence-corrected chi connectivity index (χ4v) is 2.37. The van der Waals surface area contributed by atoms with Gasteiger partial charge in [-0.25, -0.2) is 0 Å². The minimum Gasteiger partial charge on any atom is -0.284 e. The van der Waals surface area contributed by atoms with Gasteiger partial charge in [-0.2, -0.15) is 10.5 Å². The molecule has 1 aliphatic rings. The summed E-state index contributed by atoms with van der Waals surface area (Å²) in [5.41, 5.74) is 1.55. The van der Waals surface area contributed by atoms with Crippen LogP contribution in [0.5, 0.6) is 0 Å². The van der Waals surface area contributed by atoms with Gasteiger partial charge in [0.15, 0.2) is 0 Å². The lowest BCUT2D eigenvalue weighted by atomic mass is 10.1. The van der Waals surface area contributed by atoms with Crippen LogP contribution in [0, 0.1) is 22.7 Å². The van der Waals surface area contributed by atoms with Crippen molar-refractivity contribution < 1.29 is 0 Å². The zero-order chi connectivity index (χ0) is 12.3. The number of halogens is 1. The van der Waals surface area contributed by atoms with E-state index in [1.54, 1.807) is 12.1 Å². The molecule has 1 saturated heterocycles. The van der Waals surface area contributed by atoms with Crippen LogP contribution in [0.15, 0.2) is 18.2 Å². The van der Waals surface area contributed by atoms with E-state index in [1.807, 2.05) is 6.07 Å². The van der Waals surface area contributed by atoms with Crippen LogP contribution >= 0.6 is 11.6 Å². The third-order valence-corrected chi connectivity index (χ3v) is 3.42. The lowest BCUT2D eigenvalue weighted by Gasteiger charge is -2.19. The van der Waals surface area contributed by atoms with Gasteiger partial charge in [0.05, 0.1) is 23.7 Å². The summed E-state index contributed by atoms with van der Waals surface area (Å²) in [5.74, 6) is 0. The standard InChI is InChI=1S/C13H12ClN3/c14-13-6-10(7-15)3-4-11(13)9-17-5-1-2-12(17)8-16/h3-4,6,12H,1-2,5,9H2. The molecule has 3 nitrogen and oxygen atoms in total. The first-order chi connectivity index (χ1) is 8.24. The van der Waals surface area contributed by atoms with Gasteiger partial charge in [-0.1, -0.05) is 17.7 Å². The van der Waals surface area contributed by atoms with Gasteiger partial charge >= 0.3 is 0 Å². The monoisotopic (exact) mass is 245 g/mol. The molecule has 0 N–H and O–H groups in total. The van der Waals surface area contributed by atoms with Crippen molar-refractivity contribution in [3.05, 3.63) is 34.3 Å². The average Bonchev–Trinajstić information content (AvgIpc) is 2.79. The van der Waals surface area contributed by atoms with Crippen molar-refractivity contribution in [1.29, 1.82) is 10.5 Å². The third-order valence-electron chi connectivity index (χ3n) is 3.07. The first-order valence-electron chi connectivity index (χ1n) is 5.57. The number of nitrogens with zero attached hydrogens (tertiary/aromatic N) is 3. The van der Waals surface area contributed by atoms with E-state index < -0.39 is 0 Å². The second-order valence-electron chi connectivity index (χ2n) is 4.18. The van der Waals surface area contributed by atoms with Crippen LogP contribution in [0.2, 0.25) is 5.02 Å². The zero-order valence-electron chi connectivity index (χ0n) is 9.36. The molecule has 1 aromatic rings. The van der Waals surface area contributed by atoms with Gasteiger partial charge in [0, 0.05) is 11.6 Å². The van der Waals surface area contributed by atoms with Gasteiger partial charge in [-0.15, -0.1) is 0 Å². The molecule has 2 rings (SSSR count). The molecule has 0 radical (unpaired) electrons. The number of likely N-dealkylation sites (tertiary alicyclic amines) is 1. The molecule has 0 bridgehead atoms. The third kappa shape index (κ3) is 2.58. The first kappa shape index (κ1) is 11.9. The average molecular weight is 246 g/mol. The predicted molar refractivity (Wildman–Crippen MR) is 65.2 cm³/mol. The normalized spacial score (nSPS) is 19.8. The second kappa shape index (κ2) is 5.19. The van der Waals surface area contributed by atoms with Crippen LogP contribution in [0.1, 0.15) is 24.0 Å². The van der Waals surface area contributed by atoms with Crippen molar-refractivity contribution in [3.63, 3.8) is 0 Å². The molecule has 86 valence electrons. The van der Waals surface area contributed by atoms with Crippen molar-refractivity contribution in [2.45, 2.75) is 25.4 Å². The largest absolute Gasteiger partial charge is 0.284 e. The maximum Gasteiger partial charge on any atom is 0.0992 e. The molecule has 1 fully saturated rings. The zero-order valence-corrected chi connectivity index (χ0v) is 10.1. The van der Waals surface area contributed by atoms with E-state index in [0.717, 1.165) is 24.9 Å². The number of nitriles is 2. The fourth-order valence-electron chi connectivity index (χ4n) is 2.13. The van der Waals surface area contributed by atoms with Crippen molar-refractivity contribution >= 4 is 11.6 Å². The Morgan fingerprint density at radius 2 is 2.24 bits per heavy atom. The molecule has 1 aromatic carbocycles. The minimum atomic E-state index is 0.00158.